The molecule has 1 N–H and O–H groups in total. The highest BCUT2D eigenvalue weighted by atomic mass is 35.5. The molecule has 0 spiro atoms. The molecule has 0 aliphatic heterocycles. The Morgan fingerprint density at radius 2 is 1.63 bits per heavy atom. The first-order valence-electron chi connectivity index (χ1n) is 8.19. The average molecular weight is 402 g/mol. The molecule has 0 aliphatic carbocycles. The van der Waals surface area contributed by atoms with Crippen LogP contribution in [0.15, 0.2) is 72.8 Å². The number of anilines is 1. The molecular weight excluding hydrogens is 385 g/mol. The van der Waals surface area contributed by atoms with E-state index in [0.29, 0.717) is 27.8 Å². The van der Waals surface area contributed by atoms with Crippen molar-refractivity contribution in [2.24, 2.45) is 0 Å². The minimum absolute atomic E-state index is 0.261. The number of rotatable bonds is 6. The second-order valence-electron chi connectivity index (χ2n) is 5.68. The van der Waals surface area contributed by atoms with Crippen molar-refractivity contribution in [3.05, 3.63) is 88.4 Å². The topological polar surface area (TPSA) is 47.6 Å². The molecule has 3 aromatic carbocycles. The number of halogens is 2. The largest absolute Gasteiger partial charge is 0.497 e. The molecule has 0 unspecified atom stereocenters. The molecule has 0 fully saturated rings. The fraction of sp³-hybridized carbons (Fsp3) is 0.0952. The maximum absolute atomic E-state index is 12.9. The molecular formula is C21H17Cl2NO3. The van der Waals surface area contributed by atoms with Crippen LogP contribution < -0.4 is 14.8 Å². The van der Waals surface area contributed by atoms with Crippen molar-refractivity contribution < 1.29 is 14.3 Å². The third kappa shape index (κ3) is 4.73. The van der Waals surface area contributed by atoms with E-state index in [4.69, 9.17) is 32.7 Å². The molecule has 1 amide bonds. The van der Waals surface area contributed by atoms with Crippen LogP contribution in [-0.4, -0.2) is 13.0 Å². The molecule has 0 aliphatic rings. The first-order valence-corrected chi connectivity index (χ1v) is 8.94. The monoisotopic (exact) mass is 401 g/mol. The standard InChI is InChI=1S/C21H17Cl2NO3/c1-26-16-12-10-15(11-13-16)24-21(25)20(14-6-3-2-4-7-14)27-18-9-5-8-17(22)19(18)23/h2-13,20H,1H3,(H,24,25)/t20-/m1/s1. The van der Waals surface area contributed by atoms with Crippen LogP contribution in [0, 0.1) is 0 Å². The summed E-state index contributed by atoms with van der Waals surface area (Å²) in [5.74, 6) is 0.708. The Hall–Kier alpha value is -2.69. The Labute approximate surface area is 167 Å². The number of methoxy groups -OCH3 is 1. The Balaban J connectivity index is 1.87. The number of ether oxygens (including phenoxy) is 2. The molecule has 0 bridgehead atoms. The lowest BCUT2D eigenvalue weighted by molar-refractivity contribution is -0.123. The van der Waals surface area contributed by atoms with Crippen molar-refractivity contribution in [2.45, 2.75) is 6.10 Å². The molecule has 0 saturated heterocycles. The van der Waals surface area contributed by atoms with Gasteiger partial charge in [0.15, 0.2) is 0 Å². The summed E-state index contributed by atoms with van der Waals surface area (Å²) < 4.78 is 11.1. The van der Waals surface area contributed by atoms with Crippen LogP contribution >= 0.6 is 23.2 Å². The molecule has 0 heterocycles. The third-order valence-electron chi connectivity index (χ3n) is 3.86. The predicted octanol–water partition coefficient (Wildman–Crippen LogP) is 5.76. The Morgan fingerprint density at radius 1 is 0.926 bits per heavy atom. The molecule has 0 aromatic heterocycles. The zero-order valence-electron chi connectivity index (χ0n) is 14.5. The first-order chi connectivity index (χ1) is 13.1. The van der Waals surface area contributed by atoms with E-state index >= 15 is 0 Å². The summed E-state index contributed by atoms with van der Waals surface area (Å²) in [4.78, 5) is 12.9. The predicted molar refractivity (Wildman–Crippen MR) is 108 cm³/mol. The van der Waals surface area contributed by atoms with Gasteiger partial charge in [-0.25, -0.2) is 0 Å². The lowest BCUT2D eigenvalue weighted by atomic mass is 10.1. The van der Waals surface area contributed by atoms with E-state index in [1.807, 2.05) is 30.3 Å². The number of hydrogen-bond donors (Lipinski definition) is 1. The number of nitrogens with one attached hydrogen (secondary N) is 1. The summed E-state index contributed by atoms with van der Waals surface area (Å²) in [6.45, 7) is 0. The van der Waals surface area contributed by atoms with Crippen molar-refractivity contribution in [2.75, 3.05) is 12.4 Å². The third-order valence-corrected chi connectivity index (χ3v) is 4.66. The van der Waals surface area contributed by atoms with Gasteiger partial charge < -0.3 is 14.8 Å². The number of carbonyl (C=O) groups excluding carboxylic acids is 1. The highest BCUT2D eigenvalue weighted by Crippen LogP contribution is 2.34. The number of hydrogen-bond acceptors (Lipinski definition) is 3. The quantitative estimate of drug-likeness (QED) is 0.570. The van der Waals surface area contributed by atoms with Gasteiger partial charge in [-0.05, 0) is 36.4 Å². The lowest BCUT2D eigenvalue weighted by Crippen LogP contribution is -2.25. The Kier molecular flexibility index (Phi) is 6.22. The summed E-state index contributed by atoms with van der Waals surface area (Å²) in [5.41, 5.74) is 1.32. The fourth-order valence-corrected chi connectivity index (χ4v) is 2.82. The van der Waals surface area contributed by atoms with E-state index in [0.717, 1.165) is 0 Å². The normalized spacial score (nSPS) is 11.5. The van der Waals surface area contributed by atoms with Crippen molar-refractivity contribution in [1.29, 1.82) is 0 Å². The molecule has 27 heavy (non-hydrogen) atoms. The second kappa shape index (κ2) is 8.80. The molecule has 3 aromatic rings. The van der Waals surface area contributed by atoms with E-state index in [9.17, 15) is 4.79 Å². The van der Waals surface area contributed by atoms with E-state index in [2.05, 4.69) is 5.32 Å². The van der Waals surface area contributed by atoms with Gasteiger partial charge in [-0.1, -0.05) is 59.6 Å². The minimum Gasteiger partial charge on any atom is -0.497 e. The zero-order valence-corrected chi connectivity index (χ0v) is 16.0. The van der Waals surface area contributed by atoms with E-state index in [1.54, 1.807) is 49.6 Å². The first kappa shape index (κ1) is 19.1. The summed E-state index contributed by atoms with van der Waals surface area (Å²) in [6, 6.07) is 21.3. The van der Waals surface area contributed by atoms with Crippen LogP contribution in [-0.2, 0) is 4.79 Å². The van der Waals surface area contributed by atoms with Gasteiger partial charge in [0, 0.05) is 11.3 Å². The highest BCUT2D eigenvalue weighted by Gasteiger charge is 2.24. The van der Waals surface area contributed by atoms with Crippen molar-refractivity contribution in [1.82, 2.24) is 0 Å². The van der Waals surface area contributed by atoms with Crippen LogP contribution in [0.4, 0.5) is 5.69 Å². The average Bonchev–Trinajstić information content (AvgIpc) is 2.70. The van der Waals surface area contributed by atoms with Crippen molar-refractivity contribution in [3.63, 3.8) is 0 Å². The van der Waals surface area contributed by atoms with Gasteiger partial charge in [0.05, 0.1) is 12.1 Å². The molecule has 4 nitrogen and oxygen atoms in total. The molecule has 1 atom stereocenters. The summed E-state index contributed by atoms with van der Waals surface area (Å²) in [7, 11) is 1.58. The zero-order chi connectivity index (χ0) is 19.2. The SMILES string of the molecule is COc1ccc(NC(=O)[C@H](Oc2cccc(Cl)c2Cl)c2ccccc2)cc1. The maximum Gasteiger partial charge on any atom is 0.270 e. The second-order valence-corrected chi connectivity index (χ2v) is 6.46. The number of amides is 1. The van der Waals surface area contributed by atoms with Crippen LogP contribution in [0.2, 0.25) is 10.0 Å². The van der Waals surface area contributed by atoms with E-state index in [-0.39, 0.29) is 10.9 Å². The summed E-state index contributed by atoms with van der Waals surface area (Å²) in [5, 5.41) is 3.47. The van der Waals surface area contributed by atoms with Gasteiger partial charge in [-0.15, -0.1) is 0 Å². The number of benzene rings is 3. The summed E-state index contributed by atoms with van der Waals surface area (Å²) >= 11 is 12.3. The van der Waals surface area contributed by atoms with Gasteiger partial charge in [-0.2, -0.15) is 0 Å². The van der Waals surface area contributed by atoms with E-state index < -0.39 is 6.10 Å². The van der Waals surface area contributed by atoms with Crippen LogP contribution in [0.5, 0.6) is 11.5 Å². The smallest absolute Gasteiger partial charge is 0.270 e. The summed E-state index contributed by atoms with van der Waals surface area (Å²) in [6.07, 6.45) is -0.899. The molecule has 0 saturated carbocycles. The van der Waals surface area contributed by atoms with Crippen molar-refractivity contribution >= 4 is 34.8 Å². The Morgan fingerprint density at radius 3 is 2.30 bits per heavy atom. The molecule has 138 valence electrons. The highest BCUT2D eigenvalue weighted by molar-refractivity contribution is 6.42. The minimum atomic E-state index is -0.899. The van der Waals surface area contributed by atoms with E-state index in [1.165, 1.54) is 0 Å². The molecule has 3 rings (SSSR count). The molecule has 6 heteroatoms. The van der Waals surface area contributed by atoms with Gasteiger partial charge >= 0.3 is 0 Å². The van der Waals surface area contributed by atoms with Crippen molar-refractivity contribution in [3.8, 4) is 11.5 Å². The van der Waals surface area contributed by atoms with Gasteiger partial charge in [0.2, 0.25) is 6.10 Å². The fourth-order valence-electron chi connectivity index (χ4n) is 2.48. The molecule has 0 radical (unpaired) electrons. The maximum atomic E-state index is 12.9. The number of carbonyl (C=O) groups is 1. The van der Waals surface area contributed by atoms with Crippen LogP contribution in [0.3, 0.4) is 0 Å². The van der Waals surface area contributed by atoms with Gasteiger partial charge in [0.1, 0.15) is 16.5 Å². The lowest BCUT2D eigenvalue weighted by Gasteiger charge is -2.20. The van der Waals surface area contributed by atoms with Gasteiger partial charge in [0.25, 0.3) is 5.91 Å². The van der Waals surface area contributed by atoms with Crippen LogP contribution in [0.1, 0.15) is 11.7 Å². The van der Waals surface area contributed by atoms with Gasteiger partial charge in [-0.3, -0.25) is 4.79 Å². The van der Waals surface area contributed by atoms with Crippen LogP contribution in [0.25, 0.3) is 0 Å². The Bertz CT molecular complexity index is 914.